The molecule has 2 aromatic carbocycles. The smallest absolute Gasteiger partial charge is 0.279 e. The van der Waals surface area contributed by atoms with Crippen molar-refractivity contribution in [3.05, 3.63) is 90.7 Å². The number of non-ortho nitro benzene ring substituents is 1. The highest BCUT2D eigenvalue weighted by atomic mass is 16.6. The van der Waals surface area contributed by atoms with Gasteiger partial charge >= 0.3 is 5.69 Å². The summed E-state index contributed by atoms with van der Waals surface area (Å²) in [5.41, 5.74) is 3.96. The number of hydrogen-bond acceptors (Lipinski definition) is 5. The zero-order valence-corrected chi connectivity index (χ0v) is 18.4. The Bertz CT molecular complexity index is 1720. The molecule has 0 atom stereocenters. The van der Waals surface area contributed by atoms with E-state index in [0.717, 1.165) is 26.9 Å². The van der Waals surface area contributed by atoms with Gasteiger partial charge in [0.25, 0.3) is 11.2 Å². The molecule has 10 nitrogen and oxygen atoms in total. The second kappa shape index (κ2) is 7.02. The molecule has 0 saturated heterocycles. The fourth-order valence-electron chi connectivity index (χ4n) is 4.13. The second-order valence-corrected chi connectivity index (χ2v) is 8.10. The van der Waals surface area contributed by atoms with Crippen molar-refractivity contribution in [2.75, 3.05) is 0 Å². The molecule has 5 rings (SSSR count). The Hall–Kier alpha value is -4.47. The van der Waals surface area contributed by atoms with Crippen molar-refractivity contribution >= 4 is 22.6 Å². The molecular formula is C23H20N6O4. The van der Waals surface area contributed by atoms with E-state index in [0.29, 0.717) is 11.5 Å². The van der Waals surface area contributed by atoms with Gasteiger partial charge in [0.15, 0.2) is 11.2 Å². The third-order valence-corrected chi connectivity index (χ3v) is 5.94. The number of imidazole rings is 2. The topological polar surface area (TPSA) is 109 Å². The Morgan fingerprint density at radius 2 is 1.67 bits per heavy atom. The highest BCUT2D eigenvalue weighted by Gasteiger charge is 2.22. The van der Waals surface area contributed by atoms with Crippen LogP contribution >= 0.6 is 0 Å². The molecule has 0 saturated carbocycles. The zero-order valence-electron chi connectivity index (χ0n) is 18.4. The fourth-order valence-corrected chi connectivity index (χ4v) is 4.13. The Morgan fingerprint density at radius 3 is 2.33 bits per heavy atom. The van der Waals surface area contributed by atoms with Crippen LogP contribution in [0.5, 0.6) is 0 Å². The van der Waals surface area contributed by atoms with E-state index in [1.807, 2.05) is 36.6 Å². The number of aryl methyl sites for hydroxylation is 3. The van der Waals surface area contributed by atoms with Gasteiger partial charge in [-0.15, -0.1) is 0 Å². The van der Waals surface area contributed by atoms with Gasteiger partial charge in [0.2, 0.25) is 5.78 Å². The van der Waals surface area contributed by atoms with Gasteiger partial charge in [0.05, 0.1) is 16.3 Å². The number of nitrogens with zero attached hydrogens (tertiary/aromatic N) is 6. The Morgan fingerprint density at radius 1 is 0.970 bits per heavy atom. The maximum absolute atomic E-state index is 13.0. The quantitative estimate of drug-likeness (QED) is 0.314. The van der Waals surface area contributed by atoms with Gasteiger partial charge in [-0.1, -0.05) is 12.1 Å². The van der Waals surface area contributed by atoms with E-state index in [1.54, 1.807) is 29.8 Å². The number of rotatable bonds is 3. The number of fused-ring (bicyclic) bond motifs is 3. The number of benzene rings is 2. The number of nitro groups is 1. The first-order valence-corrected chi connectivity index (χ1v) is 10.2. The van der Waals surface area contributed by atoms with Crippen LogP contribution in [0.4, 0.5) is 5.69 Å². The molecule has 0 aliphatic heterocycles. The first kappa shape index (κ1) is 20.4. The van der Waals surface area contributed by atoms with Crippen LogP contribution in [0.3, 0.4) is 0 Å². The van der Waals surface area contributed by atoms with Crippen LogP contribution in [0, 0.1) is 24.0 Å². The van der Waals surface area contributed by atoms with E-state index >= 15 is 0 Å². The molecule has 33 heavy (non-hydrogen) atoms. The summed E-state index contributed by atoms with van der Waals surface area (Å²) in [5.74, 6) is 0.463. The van der Waals surface area contributed by atoms with Gasteiger partial charge in [-0.2, -0.15) is 4.98 Å². The fraction of sp³-hybridized carbons (Fsp3) is 0.174. The minimum atomic E-state index is -0.456. The van der Waals surface area contributed by atoms with Crippen molar-refractivity contribution in [3.63, 3.8) is 0 Å². The van der Waals surface area contributed by atoms with Crippen LogP contribution < -0.4 is 11.2 Å². The monoisotopic (exact) mass is 444 g/mol. The molecule has 166 valence electrons. The Labute approximate surface area is 186 Å². The maximum Gasteiger partial charge on any atom is 0.332 e. The molecule has 0 aliphatic carbocycles. The molecule has 0 aliphatic rings. The molecule has 10 heteroatoms. The lowest BCUT2D eigenvalue weighted by atomic mass is 10.1. The number of nitro benzene ring substituents is 1. The standard InChI is InChI=1S/C23H20N6O4/c1-13-5-6-14(2)17(11-13)28-18(15-7-9-16(10-8-15)29(32)33)12-27-19-20(24-22(27)28)25(3)23(31)26(4)21(19)30/h5-12H,1-4H3. The molecule has 3 aromatic heterocycles. The van der Waals surface area contributed by atoms with Gasteiger partial charge in [-0.3, -0.25) is 33.0 Å². The van der Waals surface area contributed by atoms with Crippen LogP contribution in [0.2, 0.25) is 0 Å². The number of aromatic nitrogens is 5. The van der Waals surface area contributed by atoms with E-state index < -0.39 is 16.2 Å². The summed E-state index contributed by atoms with van der Waals surface area (Å²) in [7, 11) is 3.01. The summed E-state index contributed by atoms with van der Waals surface area (Å²) in [6.45, 7) is 3.96. The van der Waals surface area contributed by atoms with Crippen molar-refractivity contribution in [2.24, 2.45) is 14.1 Å². The first-order chi connectivity index (χ1) is 15.7. The average molecular weight is 444 g/mol. The lowest BCUT2D eigenvalue weighted by Crippen LogP contribution is -2.37. The predicted octanol–water partition coefficient (Wildman–Crippen LogP) is 2.87. The zero-order chi connectivity index (χ0) is 23.6. The first-order valence-electron chi connectivity index (χ1n) is 10.2. The van der Waals surface area contributed by atoms with Crippen LogP contribution in [-0.4, -0.2) is 28.0 Å². The van der Waals surface area contributed by atoms with Gasteiger partial charge in [-0.25, -0.2) is 4.79 Å². The van der Waals surface area contributed by atoms with Crippen LogP contribution in [0.1, 0.15) is 11.1 Å². The lowest BCUT2D eigenvalue weighted by molar-refractivity contribution is -0.384. The summed E-state index contributed by atoms with van der Waals surface area (Å²) in [4.78, 5) is 40.8. The molecule has 0 bridgehead atoms. The summed E-state index contributed by atoms with van der Waals surface area (Å²) in [6.07, 6.45) is 1.78. The maximum atomic E-state index is 13.0. The van der Waals surface area contributed by atoms with Crippen molar-refractivity contribution in [2.45, 2.75) is 13.8 Å². The molecule has 3 heterocycles. The van der Waals surface area contributed by atoms with Crippen molar-refractivity contribution in [1.29, 1.82) is 0 Å². The van der Waals surface area contributed by atoms with E-state index in [-0.39, 0.29) is 16.9 Å². The third-order valence-electron chi connectivity index (χ3n) is 5.94. The summed E-state index contributed by atoms with van der Waals surface area (Å²) >= 11 is 0. The molecule has 5 aromatic rings. The SMILES string of the molecule is Cc1ccc(C)c(-n2c(-c3ccc([N+](=O)[O-])cc3)cn3c4c(=O)n(C)c(=O)n(C)c4nc23)c1. The molecule has 0 radical (unpaired) electrons. The molecule has 0 N–H and O–H groups in total. The molecule has 0 amide bonds. The highest BCUT2D eigenvalue weighted by Crippen LogP contribution is 2.31. The van der Waals surface area contributed by atoms with E-state index in [2.05, 4.69) is 4.98 Å². The summed E-state index contributed by atoms with van der Waals surface area (Å²) < 4.78 is 5.99. The summed E-state index contributed by atoms with van der Waals surface area (Å²) in [5, 5.41) is 11.1. The van der Waals surface area contributed by atoms with E-state index in [1.165, 1.54) is 23.7 Å². The highest BCUT2D eigenvalue weighted by molar-refractivity contribution is 5.80. The van der Waals surface area contributed by atoms with Crippen molar-refractivity contribution in [1.82, 2.24) is 23.1 Å². The van der Waals surface area contributed by atoms with Crippen LogP contribution in [-0.2, 0) is 14.1 Å². The van der Waals surface area contributed by atoms with Crippen LogP contribution in [0.15, 0.2) is 58.3 Å². The van der Waals surface area contributed by atoms with Crippen molar-refractivity contribution in [3.8, 4) is 16.9 Å². The van der Waals surface area contributed by atoms with Gasteiger partial charge in [0.1, 0.15) is 0 Å². The normalized spacial score (nSPS) is 11.5. The number of hydrogen-bond donors (Lipinski definition) is 0. The van der Waals surface area contributed by atoms with Crippen LogP contribution in [0.25, 0.3) is 33.9 Å². The van der Waals surface area contributed by atoms with Gasteiger partial charge in [0, 0.05) is 38.0 Å². The average Bonchev–Trinajstić information content (AvgIpc) is 3.34. The largest absolute Gasteiger partial charge is 0.332 e. The Kier molecular flexibility index (Phi) is 4.35. The van der Waals surface area contributed by atoms with Gasteiger partial charge in [-0.05, 0) is 43.2 Å². The third kappa shape index (κ3) is 2.91. The molecule has 0 fully saturated rings. The van der Waals surface area contributed by atoms with E-state index in [9.17, 15) is 19.7 Å². The molecule has 0 unspecified atom stereocenters. The molecule has 0 spiro atoms. The second-order valence-electron chi connectivity index (χ2n) is 8.10. The minimum absolute atomic E-state index is 0.0114. The van der Waals surface area contributed by atoms with Crippen molar-refractivity contribution < 1.29 is 4.92 Å². The molecular weight excluding hydrogens is 424 g/mol. The summed E-state index contributed by atoms with van der Waals surface area (Å²) in [6, 6.07) is 12.2. The lowest BCUT2D eigenvalue weighted by Gasteiger charge is -2.13. The van der Waals surface area contributed by atoms with E-state index in [4.69, 9.17) is 0 Å². The Balaban J connectivity index is 1.94. The predicted molar refractivity (Wildman–Crippen MR) is 124 cm³/mol. The van der Waals surface area contributed by atoms with Gasteiger partial charge < -0.3 is 0 Å². The minimum Gasteiger partial charge on any atom is -0.279 e.